The quantitative estimate of drug-likeness (QED) is 0.436. The van der Waals surface area contributed by atoms with Crippen LogP contribution in [-0.4, -0.2) is 11.4 Å². The molecule has 7 heavy (non-hydrogen) atoms. The molecule has 0 aromatic heterocycles. The second-order valence-corrected chi connectivity index (χ2v) is 2.54. The molecule has 1 N–H and O–H groups in total. The minimum Gasteiger partial charge on any atom is -0.263 e. The molecule has 0 aliphatic carbocycles. The first kappa shape index (κ1) is 7.60. The lowest BCUT2D eigenvalue weighted by atomic mass is 10.3. The Balaban J connectivity index is 3.14. The molecular formula is C4H10ClNS. The highest BCUT2D eigenvalue weighted by atomic mass is 35.5. The first-order chi connectivity index (χ1) is 3.18. The van der Waals surface area contributed by atoms with E-state index in [2.05, 4.69) is 17.5 Å². The predicted octanol–water partition coefficient (Wildman–Crippen LogP) is 1.44. The third kappa shape index (κ3) is 3.21. The number of thiol groups is 1. The molecule has 0 aliphatic heterocycles. The molecule has 1 nitrogen and oxygen atoms in total. The summed E-state index contributed by atoms with van der Waals surface area (Å²) in [4.78, 5) is 0. The summed E-state index contributed by atoms with van der Waals surface area (Å²) in [5.74, 6) is 0. The first-order valence-corrected chi connectivity index (χ1v) is 3.10. The van der Waals surface area contributed by atoms with Crippen molar-refractivity contribution in [3.8, 4) is 0 Å². The lowest BCUT2D eigenvalue weighted by molar-refractivity contribution is 0.680. The molecule has 3 heteroatoms. The summed E-state index contributed by atoms with van der Waals surface area (Å²) in [7, 11) is 0. The van der Waals surface area contributed by atoms with E-state index in [1.54, 1.807) is 0 Å². The first-order valence-electron chi connectivity index (χ1n) is 2.22. The van der Waals surface area contributed by atoms with Crippen LogP contribution in [0.1, 0.15) is 13.8 Å². The molecule has 1 unspecified atom stereocenters. The third-order valence-electron chi connectivity index (χ3n) is 0.893. The minimum atomic E-state index is 0.150. The van der Waals surface area contributed by atoms with Gasteiger partial charge in [0, 0.05) is 11.4 Å². The highest BCUT2D eigenvalue weighted by Gasteiger charge is 2.03. The van der Waals surface area contributed by atoms with Gasteiger partial charge < -0.3 is 0 Å². The minimum absolute atomic E-state index is 0.150. The van der Waals surface area contributed by atoms with Crippen LogP contribution in [0.3, 0.4) is 0 Å². The van der Waals surface area contributed by atoms with E-state index >= 15 is 0 Å². The lowest BCUT2D eigenvalue weighted by Crippen LogP contribution is -2.24. The van der Waals surface area contributed by atoms with Crippen LogP contribution < -0.4 is 4.72 Å². The molecule has 0 spiro atoms. The Morgan fingerprint density at radius 2 is 2.00 bits per heavy atom. The maximum atomic E-state index is 5.62. The molecule has 0 fully saturated rings. The zero-order valence-electron chi connectivity index (χ0n) is 4.48. The van der Waals surface area contributed by atoms with E-state index in [9.17, 15) is 0 Å². The number of rotatable bonds is 2. The summed E-state index contributed by atoms with van der Waals surface area (Å²) < 4.78 is 2.73. The molecule has 0 aliphatic rings. The topological polar surface area (TPSA) is 12.0 Å². The zero-order valence-corrected chi connectivity index (χ0v) is 6.13. The average molecular weight is 140 g/mol. The van der Waals surface area contributed by atoms with Crippen LogP contribution in [0.4, 0.5) is 0 Å². The molecule has 0 radical (unpaired) electrons. The average Bonchev–Trinajstić information content (AvgIpc) is 1.65. The molecule has 0 aromatic carbocycles. The summed E-state index contributed by atoms with van der Waals surface area (Å²) in [6.45, 7) is 3.90. The molecule has 0 saturated carbocycles. The number of hydrogen-bond acceptors (Lipinski definition) is 2. The normalized spacial score (nSPS) is 18.9. The number of nitrogens with one attached hydrogen (secondary N) is 1. The Morgan fingerprint density at radius 3 is 2.00 bits per heavy atom. The SMILES string of the molecule is CC(Cl)[C@H](C)NS. The van der Waals surface area contributed by atoms with Crippen molar-refractivity contribution >= 4 is 24.4 Å². The third-order valence-corrected chi connectivity index (χ3v) is 1.68. The Morgan fingerprint density at radius 1 is 1.57 bits per heavy atom. The van der Waals surface area contributed by atoms with E-state index in [1.165, 1.54) is 0 Å². The van der Waals surface area contributed by atoms with E-state index in [1.807, 2.05) is 13.8 Å². The van der Waals surface area contributed by atoms with E-state index in [0.717, 1.165) is 0 Å². The summed E-state index contributed by atoms with van der Waals surface area (Å²) in [5.41, 5.74) is 0. The fraction of sp³-hybridized carbons (Fsp3) is 1.00. The van der Waals surface area contributed by atoms with Gasteiger partial charge in [-0.25, -0.2) is 0 Å². The largest absolute Gasteiger partial charge is 0.263 e. The number of halogens is 1. The van der Waals surface area contributed by atoms with Gasteiger partial charge in [-0.15, -0.1) is 11.6 Å². The van der Waals surface area contributed by atoms with E-state index in [0.29, 0.717) is 0 Å². The molecular weight excluding hydrogens is 130 g/mol. The standard InChI is InChI=1S/C4H10ClNS/c1-3(5)4(2)6-7/h3-4,6-7H,1-2H3/t3?,4-/m0/s1. The molecule has 0 amide bonds. The van der Waals surface area contributed by atoms with Gasteiger partial charge >= 0.3 is 0 Å². The van der Waals surface area contributed by atoms with Gasteiger partial charge in [-0.05, 0) is 13.8 Å². The van der Waals surface area contributed by atoms with Crippen molar-refractivity contribution in [1.82, 2.24) is 4.72 Å². The second kappa shape index (κ2) is 3.58. The number of alkyl halides is 1. The van der Waals surface area contributed by atoms with Crippen molar-refractivity contribution in [3.63, 3.8) is 0 Å². The summed E-state index contributed by atoms with van der Waals surface area (Å²) in [6, 6.07) is 0.282. The van der Waals surface area contributed by atoms with E-state index in [-0.39, 0.29) is 11.4 Å². The van der Waals surface area contributed by atoms with Crippen LogP contribution in [-0.2, 0) is 0 Å². The Kier molecular flexibility index (Phi) is 3.89. The van der Waals surface area contributed by atoms with Crippen molar-refractivity contribution in [3.05, 3.63) is 0 Å². The highest BCUT2D eigenvalue weighted by molar-refractivity contribution is 7.78. The molecule has 2 atom stereocenters. The van der Waals surface area contributed by atoms with Crippen LogP contribution >= 0.6 is 24.4 Å². The van der Waals surface area contributed by atoms with E-state index in [4.69, 9.17) is 11.6 Å². The lowest BCUT2D eigenvalue weighted by Gasteiger charge is -2.09. The molecule has 0 saturated heterocycles. The van der Waals surface area contributed by atoms with Crippen LogP contribution in [0.25, 0.3) is 0 Å². The monoisotopic (exact) mass is 139 g/mol. The Bertz CT molecular complexity index is 49.0. The maximum absolute atomic E-state index is 5.62. The molecule has 44 valence electrons. The van der Waals surface area contributed by atoms with E-state index < -0.39 is 0 Å². The van der Waals surface area contributed by atoms with Gasteiger partial charge in [-0.3, -0.25) is 4.72 Å². The van der Waals surface area contributed by atoms with Gasteiger partial charge in [-0.2, -0.15) is 0 Å². The number of hydrogen-bond donors (Lipinski definition) is 2. The van der Waals surface area contributed by atoms with Gasteiger partial charge in [0.15, 0.2) is 0 Å². The van der Waals surface area contributed by atoms with Crippen molar-refractivity contribution in [1.29, 1.82) is 0 Å². The highest BCUT2D eigenvalue weighted by Crippen LogP contribution is 1.99. The van der Waals surface area contributed by atoms with Gasteiger partial charge in [0.1, 0.15) is 0 Å². The molecule has 0 bridgehead atoms. The fourth-order valence-electron chi connectivity index (χ4n) is 0.103. The maximum Gasteiger partial charge on any atom is 0.0467 e. The van der Waals surface area contributed by atoms with Crippen molar-refractivity contribution in [2.75, 3.05) is 0 Å². The molecule has 0 aromatic rings. The van der Waals surface area contributed by atoms with Crippen LogP contribution in [0.5, 0.6) is 0 Å². The van der Waals surface area contributed by atoms with Crippen LogP contribution in [0.15, 0.2) is 0 Å². The van der Waals surface area contributed by atoms with Crippen molar-refractivity contribution < 1.29 is 0 Å². The summed E-state index contributed by atoms with van der Waals surface area (Å²) in [5, 5.41) is 0.150. The van der Waals surface area contributed by atoms with Crippen molar-refractivity contribution in [2.24, 2.45) is 0 Å². The summed E-state index contributed by atoms with van der Waals surface area (Å²) >= 11 is 9.44. The van der Waals surface area contributed by atoms with Gasteiger partial charge in [0.2, 0.25) is 0 Å². The van der Waals surface area contributed by atoms with Gasteiger partial charge in [0.05, 0.1) is 0 Å². The smallest absolute Gasteiger partial charge is 0.0467 e. The second-order valence-electron chi connectivity index (χ2n) is 1.60. The van der Waals surface area contributed by atoms with Crippen LogP contribution in [0, 0.1) is 0 Å². The Labute approximate surface area is 55.0 Å². The van der Waals surface area contributed by atoms with Gasteiger partial charge in [-0.1, -0.05) is 12.8 Å². The van der Waals surface area contributed by atoms with Crippen LogP contribution in [0.2, 0.25) is 0 Å². The Hall–Kier alpha value is 0.600. The molecule has 0 heterocycles. The fourth-order valence-corrected chi connectivity index (χ4v) is 0.477. The summed E-state index contributed by atoms with van der Waals surface area (Å²) in [6.07, 6.45) is 0. The molecule has 0 rings (SSSR count). The van der Waals surface area contributed by atoms with Gasteiger partial charge in [0.25, 0.3) is 0 Å². The predicted molar refractivity (Wildman–Crippen MR) is 36.9 cm³/mol. The van der Waals surface area contributed by atoms with Crippen molar-refractivity contribution in [2.45, 2.75) is 25.3 Å². The zero-order chi connectivity index (χ0) is 5.86.